The molecule has 0 aliphatic rings. The van der Waals surface area contributed by atoms with Crippen molar-refractivity contribution in [2.75, 3.05) is 0 Å². The second-order valence-corrected chi connectivity index (χ2v) is 3.41. The fraction of sp³-hybridized carbons (Fsp3) is 0.300. The van der Waals surface area contributed by atoms with Crippen molar-refractivity contribution in [1.82, 2.24) is 0 Å². The predicted octanol–water partition coefficient (Wildman–Crippen LogP) is 1.07. The Morgan fingerprint density at radius 3 is 2.13 bits per heavy atom. The van der Waals surface area contributed by atoms with Crippen LogP contribution in [0, 0.1) is 5.92 Å². The molecule has 0 saturated carbocycles. The van der Waals surface area contributed by atoms with Crippen molar-refractivity contribution < 1.29 is 25.2 Å². The van der Waals surface area contributed by atoms with Crippen LogP contribution in [0.2, 0.25) is 0 Å². The third kappa shape index (κ3) is 2.52. The Bertz CT molecular complexity index is 362. The van der Waals surface area contributed by atoms with E-state index >= 15 is 0 Å². The molecule has 0 heterocycles. The average molecular weight is 212 g/mol. The van der Waals surface area contributed by atoms with Gasteiger partial charge in [-0.2, -0.15) is 0 Å². The van der Waals surface area contributed by atoms with Crippen LogP contribution < -0.4 is 0 Å². The van der Waals surface area contributed by atoms with Gasteiger partial charge in [0.2, 0.25) is 0 Å². The van der Waals surface area contributed by atoms with Gasteiger partial charge in [0, 0.05) is 17.7 Å². The first kappa shape index (κ1) is 11.2. The van der Waals surface area contributed by atoms with Crippen LogP contribution in [0.25, 0.3) is 0 Å². The molecule has 1 unspecified atom stereocenters. The van der Waals surface area contributed by atoms with E-state index in [4.69, 9.17) is 10.2 Å². The minimum Gasteiger partial charge on any atom is -0.508 e. The van der Waals surface area contributed by atoms with E-state index in [1.807, 2.05) is 0 Å². The summed E-state index contributed by atoms with van der Waals surface area (Å²) in [6, 6.07) is 2.12. The highest BCUT2D eigenvalue weighted by Gasteiger charge is 2.17. The van der Waals surface area contributed by atoms with Gasteiger partial charge < -0.3 is 20.4 Å². The summed E-state index contributed by atoms with van der Waals surface area (Å²) in [5.41, 5.74) is 0.128. The molecule has 0 amide bonds. The van der Waals surface area contributed by atoms with Gasteiger partial charge in [0.15, 0.2) is 0 Å². The Morgan fingerprint density at radius 2 is 1.73 bits per heavy atom. The molecule has 0 spiro atoms. The lowest BCUT2D eigenvalue weighted by Crippen LogP contribution is -2.12. The lowest BCUT2D eigenvalue weighted by Gasteiger charge is -2.10. The lowest BCUT2D eigenvalue weighted by atomic mass is 9.99. The van der Waals surface area contributed by atoms with Gasteiger partial charge in [0.25, 0.3) is 0 Å². The molecule has 1 aromatic rings. The molecule has 82 valence electrons. The molecule has 0 aliphatic heterocycles. The Morgan fingerprint density at radius 1 is 1.27 bits per heavy atom. The first-order valence-corrected chi connectivity index (χ1v) is 4.38. The molecule has 1 aromatic carbocycles. The number of benzene rings is 1. The zero-order valence-electron chi connectivity index (χ0n) is 8.14. The third-order valence-electron chi connectivity index (χ3n) is 2.12. The Labute approximate surface area is 86.2 Å². The molecule has 0 saturated heterocycles. The minimum atomic E-state index is -1.01. The van der Waals surface area contributed by atoms with E-state index in [2.05, 4.69) is 0 Å². The quantitative estimate of drug-likeness (QED) is 0.600. The van der Waals surface area contributed by atoms with Crippen molar-refractivity contribution in [1.29, 1.82) is 0 Å². The zero-order valence-corrected chi connectivity index (χ0v) is 8.14. The maximum atomic E-state index is 10.6. The van der Waals surface area contributed by atoms with E-state index in [0.717, 1.165) is 12.1 Å². The van der Waals surface area contributed by atoms with Crippen molar-refractivity contribution in [3.63, 3.8) is 0 Å². The summed E-state index contributed by atoms with van der Waals surface area (Å²) in [7, 11) is 0. The predicted molar refractivity (Wildman–Crippen MR) is 51.9 cm³/mol. The van der Waals surface area contributed by atoms with Gasteiger partial charge >= 0.3 is 5.97 Å². The molecule has 1 rings (SSSR count). The van der Waals surface area contributed by atoms with Crippen LogP contribution in [0.15, 0.2) is 12.1 Å². The standard InChI is InChI=1S/C10H12O5/c1-5(10(14)15)2-7-8(12)3-6(11)4-9(7)13/h3-5,11-13H,2H2,1H3,(H,14,15). The maximum Gasteiger partial charge on any atom is 0.306 e. The van der Waals surface area contributed by atoms with E-state index < -0.39 is 11.9 Å². The van der Waals surface area contributed by atoms with Crippen LogP contribution in [-0.2, 0) is 11.2 Å². The van der Waals surface area contributed by atoms with Crippen LogP contribution in [0.5, 0.6) is 17.2 Å². The highest BCUT2D eigenvalue weighted by Crippen LogP contribution is 2.33. The van der Waals surface area contributed by atoms with Crippen LogP contribution >= 0.6 is 0 Å². The number of carbonyl (C=O) groups is 1. The highest BCUT2D eigenvalue weighted by molar-refractivity contribution is 5.70. The number of carboxylic acid groups (broad SMARTS) is 1. The van der Waals surface area contributed by atoms with Gasteiger partial charge in [-0.1, -0.05) is 6.92 Å². The van der Waals surface area contributed by atoms with Crippen LogP contribution in [0.1, 0.15) is 12.5 Å². The van der Waals surface area contributed by atoms with Gasteiger partial charge in [-0.25, -0.2) is 0 Å². The van der Waals surface area contributed by atoms with Gasteiger partial charge in [-0.05, 0) is 6.42 Å². The largest absolute Gasteiger partial charge is 0.508 e. The Kier molecular flexibility index (Phi) is 3.04. The van der Waals surface area contributed by atoms with Crippen LogP contribution in [-0.4, -0.2) is 26.4 Å². The van der Waals surface area contributed by atoms with Crippen molar-refractivity contribution in [2.24, 2.45) is 5.92 Å². The summed E-state index contributed by atoms with van der Waals surface area (Å²) in [6.45, 7) is 1.47. The molecule has 1 atom stereocenters. The van der Waals surface area contributed by atoms with Crippen LogP contribution in [0.4, 0.5) is 0 Å². The summed E-state index contributed by atoms with van der Waals surface area (Å²) < 4.78 is 0. The summed E-state index contributed by atoms with van der Waals surface area (Å²) in [5, 5.41) is 36.5. The molecule has 0 fully saturated rings. The lowest BCUT2D eigenvalue weighted by molar-refractivity contribution is -0.141. The monoisotopic (exact) mass is 212 g/mol. The van der Waals surface area contributed by atoms with Gasteiger partial charge in [0.05, 0.1) is 5.92 Å². The number of aliphatic carboxylic acids is 1. The molecular weight excluding hydrogens is 200 g/mol. The average Bonchev–Trinajstić information content (AvgIpc) is 2.10. The van der Waals surface area contributed by atoms with E-state index in [0.29, 0.717) is 0 Å². The number of aromatic hydroxyl groups is 3. The maximum absolute atomic E-state index is 10.6. The van der Waals surface area contributed by atoms with E-state index in [9.17, 15) is 15.0 Å². The molecule has 5 nitrogen and oxygen atoms in total. The van der Waals surface area contributed by atoms with Gasteiger partial charge in [0.1, 0.15) is 17.2 Å². The van der Waals surface area contributed by atoms with Crippen molar-refractivity contribution in [2.45, 2.75) is 13.3 Å². The summed E-state index contributed by atoms with van der Waals surface area (Å²) in [5.74, 6) is -2.61. The molecule has 5 heteroatoms. The number of rotatable bonds is 3. The number of hydrogen-bond acceptors (Lipinski definition) is 4. The molecular formula is C10H12O5. The number of phenols is 3. The van der Waals surface area contributed by atoms with Crippen molar-refractivity contribution in [3.05, 3.63) is 17.7 Å². The summed E-state index contributed by atoms with van der Waals surface area (Å²) in [6.07, 6.45) is 0.00722. The van der Waals surface area contributed by atoms with Crippen molar-refractivity contribution in [3.8, 4) is 17.2 Å². The highest BCUT2D eigenvalue weighted by atomic mass is 16.4. The smallest absolute Gasteiger partial charge is 0.306 e. The van der Waals surface area contributed by atoms with E-state index in [1.54, 1.807) is 0 Å². The van der Waals surface area contributed by atoms with Gasteiger partial charge in [-0.15, -0.1) is 0 Å². The summed E-state index contributed by atoms with van der Waals surface area (Å²) >= 11 is 0. The normalized spacial score (nSPS) is 12.3. The molecule has 0 radical (unpaired) electrons. The number of carboxylic acids is 1. The number of phenolic OH excluding ortho intramolecular Hbond substituents is 3. The van der Waals surface area contributed by atoms with E-state index in [1.165, 1.54) is 6.92 Å². The van der Waals surface area contributed by atoms with Gasteiger partial charge in [-0.3, -0.25) is 4.79 Å². The van der Waals surface area contributed by atoms with E-state index in [-0.39, 0.29) is 29.2 Å². The first-order valence-electron chi connectivity index (χ1n) is 4.38. The number of hydrogen-bond donors (Lipinski definition) is 4. The summed E-state index contributed by atoms with van der Waals surface area (Å²) in [4.78, 5) is 10.6. The first-order chi connectivity index (χ1) is 6.91. The fourth-order valence-corrected chi connectivity index (χ4v) is 1.23. The molecule has 15 heavy (non-hydrogen) atoms. The third-order valence-corrected chi connectivity index (χ3v) is 2.12. The topological polar surface area (TPSA) is 98.0 Å². The fourth-order valence-electron chi connectivity index (χ4n) is 1.23. The second kappa shape index (κ2) is 4.08. The molecule has 0 bridgehead atoms. The Hall–Kier alpha value is -1.91. The zero-order chi connectivity index (χ0) is 11.6. The SMILES string of the molecule is CC(Cc1c(O)cc(O)cc1O)C(=O)O. The second-order valence-electron chi connectivity index (χ2n) is 3.41. The minimum absolute atomic E-state index is 0.00722. The molecule has 0 aliphatic carbocycles. The molecule has 0 aromatic heterocycles. The molecule has 4 N–H and O–H groups in total. The van der Waals surface area contributed by atoms with Crippen molar-refractivity contribution >= 4 is 5.97 Å². The van der Waals surface area contributed by atoms with Crippen LogP contribution in [0.3, 0.4) is 0 Å². The Balaban J connectivity index is 3.00.